The monoisotopic (exact) mass is 691 g/mol. The van der Waals surface area contributed by atoms with Crippen molar-refractivity contribution in [3.05, 3.63) is 11.6 Å². The summed E-state index contributed by atoms with van der Waals surface area (Å²) in [6.07, 6.45) is 20.8. The van der Waals surface area contributed by atoms with E-state index in [0.717, 1.165) is 80.5 Å². The van der Waals surface area contributed by atoms with Crippen molar-refractivity contribution in [3.63, 3.8) is 0 Å². The molecular formula is C41H75N2O4P. The highest BCUT2D eigenvalue weighted by molar-refractivity contribution is 7.44. The molecule has 9 atom stereocenters. The van der Waals surface area contributed by atoms with Crippen molar-refractivity contribution in [1.82, 2.24) is 9.99 Å². The molecule has 7 heteroatoms. The van der Waals surface area contributed by atoms with Crippen molar-refractivity contribution < 1.29 is 18.6 Å². The maximum Gasteiger partial charge on any atom is 0.407 e. The van der Waals surface area contributed by atoms with Gasteiger partial charge in [-0.3, -0.25) is 0 Å². The lowest BCUT2D eigenvalue weighted by atomic mass is 9.47. The average Bonchev–Trinajstić information content (AvgIpc) is 3.38. The molecule has 4 aliphatic carbocycles. The van der Waals surface area contributed by atoms with Gasteiger partial charge in [-0.15, -0.1) is 0 Å². The summed E-state index contributed by atoms with van der Waals surface area (Å²) in [5.74, 6) is 5.13. The highest BCUT2D eigenvalue weighted by atomic mass is 31.2. The molecule has 0 spiro atoms. The number of amides is 1. The van der Waals surface area contributed by atoms with Gasteiger partial charge in [-0.25, -0.2) is 9.46 Å². The molecule has 1 amide bonds. The van der Waals surface area contributed by atoms with Crippen LogP contribution < -0.4 is 5.32 Å². The number of unbranched alkanes of at least 4 members (excludes halogenated alkanes) is 3. The predicted octanol–water partition coefficient (Wildman–Crippen LogP) is 11.7. The Kier molecular flexibility index (Phi) is 15.2. The van der Waals surface area contributed by atoms with Crippen LogP contribution in [0.1, 0.15) is 159 Å². The van der Waals surface area contributed by atoms with Crippen molar-refractivity contribution in [2.75, 3.05) is 20.3 Å². The summed E-state index contributed by atoms with van der Waals surface area (Å²) in [4.78, 5) is 12.8. The number of allylic oxidation sites excluding steroid dienone is 1. The van der Waals surface area contributed by atoms with Gasteiger partial charge in [0, 0.05) is 32.2 Å². The maximum absolute atomic E-state index is 12.8. The van der Waals surface area contributed by atoms with Gasteiger partial charge in [-0.1, -0.05) is 78.4 Å². The Morgan fingerprint density at radius 1 is 0.917 bits per heavy atom. The Bertz CT molecular complexity index is 1030. The van der Waals surface area contributed by atoms with E-state index in [1.165, 1.54) is 51.4 Å². The molecule has 0 bridgehead atoms. The number of alkyl carbamates (subject to hydrolysis) is 1. The molecule has 4 rings (SSSR count). The molecule has 0 saturated heterocycles. The van der Waals surface area contributed by atoms with E-state index in [9.17, 15) is 4.79 Å². The Hall–Kier alpha value is -0.680. The first-order valence-electron chi connectivity index (χ1n) is 20.2. The summed E-state index contributed by atoms with van der Waals surface area (Å²) in [6.45, 7) is 22.7. The van der Waals surface area contributed by atoms with Gasteiger partial charge in [0.1, 0.15) is 6.10 Å². The number of hydrogen-bond donors (Lipinski definition) is 1. The highest BCUT2D eigenvalue weighted by Gasteiger charge is 2.59. The number of carbonyl (C=O) groups excluding carboxylic acids is 1. The summed E-state index contributed by atoms with van der Waals surface area (Å²) in [5.41, 5.74) is 2.41. The standard InChI is InChI=1S/C41H75N2O4P/c1-29(2)16-15-17-32(7)36-20-21-37-35-19-18-33-28-34(22-24-40(33,8)38(35)23-25-41(36,37)9)47-39(44)42-26-13-11-12-14-27-46-48(45-10)43(30(3)4)31(5)6/h18,29-32,34-38H,11-17,19-28H2,1-10H3,(H,42,44)/t32-,34+,35+,36-,37+,38+,40+,41-,48?/m1/s1. The summed E-state index contributed by atoms with van der Waals surface area (Å²) >= 11 is 0. The third kappa shape index (κ3) is 9.60. The lowest BCUT2D eigenvalue weighted by Crippen LogP contribution is -2.51. The van der Waals surface area contributed by atoms with E-state index in [4.69, 9.17) is 13.8 Å². The molecule has 0 aromatic carbocycles. The lowest BCUT2D eigenvalue weighted by molar-refractivity contribution is -0.0581. The molecule has 1 unspecified atom stereocenters. The fraction of sp³-hybridized carbons (Fsp3) is 0.927. The summed E-state index contributed by atoms with van der Waals surface area (Å²) in [7, 11) is 0.729. The van der Waals surface area contributed by atoms with Crippen molar-refractivity contribution >= 4 is 14.6 Å². The van der Waals surface area contributed by atoms with Gasteiger partial charge in [0.2, 0.25) is 0 Å². The van der Waals surface area contributed by atoms with Gasteiger partial charge in [-0.05, 0) is 132 Å². The van der Waals surface area contributed by atoms with Crippen LogP contribution in [0.5, 0.6) is 0 Å². The molecule has 3 saturated carbocycles. The minimum atomic E-state index is -1.01. The van der Waals surface area contributed by atoms with Crippen molar-refractivity contribution in [1.29, 1.82) is 0 Å². The highest BCUT2D eigenvalue weighted by Crippen LogP contribution is 2.67. The number of carbonyl (C=O) groups is 1. The third-order valence-corrected chi connectivity index (χ3v) is 15.5. The lowest BCUT2D eigenvalue weighted by Gasteiger charge is -2.58. The number of hydrogen-bond acceptors (Lipinski definition) is 5. The minimum Gasteiger partial charge on any atom is -0.446 e. The number of nitrogens with zero attached hydrogens (tertiary/aromatic N) is 1. The van der Waals surface area contributed by atoms with Crippen molar-refractivity contribution in [2.24, 2.45) is 46.3 Å². The minimum absolute atomic E-state index is 0.0151. The fourth-order valence-electron chi connectivity index (χ4n) is 11.0. The van der Waals surface area contributed by atoms with Crippen LogP contribution in [-0.2, 0) is 13.8 Å². The third-order valence-electron chi connectivity index (χ3n) is 13.5. The Morgan fingerprint density at radius 3 is 2.33 bits per heavy atom. The van der Waals surface area contributed by atoms with Gasteiger partial charge < -0.3 is 19.1 Å². The van der Waals surface area contributed by atoms with E-state index in [-0.39, 0.29) is 17.6 Å². The van der Waals surface area contributed by atoms with Crippen LogP contribution in [0.15, 0.2) is 11.6 Å². The summed E-state index contributed by atoms with van der Waals surface area (Å²) < 4.78 is 20.1. The number of ether oxygens (including phenoxy) is 1. The predicted molar refractivity (Wildman–Crippen MR) is 202 cm³/mol. The quantitative estimate of drug-likeness (QED) is 0.0881. The first-order chi connectivity index (χ1) is 22.8. The van der Waals surface area contributed by atoms with Gasteiger partial charge in [0.15, 0.2) is 0 Å². The Balaban J connectivity index is 1.16. The molecule has 1 N–H and O–H groups in total. The summed E-state index contributed by atoms with van der Waals surface area (Å²) in [5, 5.41) is 3.04. The SMILES string of the molecule is COP(OCCCCCCNC(=O)O[C@H]1CC[C@@]2(C)C(=CC[C@H]3[C@@H]4CC[C@H]([C@H](C)CCCC(C)C)[C@@]4(C)CC[C@@H]32)C1)N(C(C)C)C(C)C. The van der Waals surface area contributed by atoms with Gasteiger partial charge in [-0.2, -0.15) is 0 Å². The fourth-order valence-corrected chi connectivity index (χ4v) is 12.5. The van der Waals surface area contributed by atoms with E-state index >= 15 is 0 Å². The van der Waals surface area contributed by atoms with E-state index < -0.39 is 8.53 Å². The number of rotatable bonds is 18. The summed E-state index contributed by atoms with van der Waals surface area (Å²) in [6, 6.07) is 0.775. The zero-order valence-electron chi connectivity index (χ0n) is 32.8. The molecule has 0 aromatic rings. The van der Waals surface area contributed by atoms with Crippen LogP contribution in [0.2, 0.25) is 0 Å². The molecule has 0 heterocycles. The second-order valence-corrected chi connectivity index (χ2v) is 19.3. The van der Waals surface area contributed by atoms with Gasteiger partial charge in [0.05, 0.1) is 6.61 Å². The average molecular weight is 691 g/mol. The Morgan fingerprint density at radius 2 is 1.65 bits per heavy atom. The van der Waals surface area contributed by atoms with Crippen LogP contribution >= 0.6 is 8.53 Å². The molecule has 48 heavy (non-hydrogen) atoms. The first kappa shape index (κ1) is 40.1. The zero-order chi connectivity index (χ0) is 35.1. The largest absolute Gasteiger partial charge is 0.446 e. The normalized spacial score (nSPS) is 33.0. The molecule has 3 fully saturated rings. The molecule has 4 aliphatic rings. The van der Waals surface area contributed by atoms with E-state index in [1.54, 1.807) is 12.7 Å². The van der Waals surface area contributed by atoms with E-state index in [2.05, 4.69) is 78.4 Å². The Labute approximate surface area is 297 Å². The molecular weight excluding hydrogens is 615 g/mol. The zero-order valence-corrected chi connectivity index (χ0v) is 33.7. The number of nitrogens with one attached hydrogen (secondary N) is 1. The maximum atomic E-state index is 12.8. The number of fused-ring (bicyclic) bond motifs is 5. The van der Waals surface area contributed by atoms with Gasteiger partial charge >= 0.3 is 6.09 Å². The first-order valence-corrected chi connectivity index (χ1v) is 21.3. The molecule has 0 radical (unpaired) electrons. The second-order valence-electron chi connectivity index (χ2n) is 17.7. The molecule has 0 aromatic heterocycles. The van der Waals surface area contributed by atoms with Gasteiger partial charge in [0.25, 0.3) is 8.53 Å². The van der Waals surface area contributed by atoms with Crippen LogP contribution in [-0.4, -0.2) is 49.2 Å². The van der Waals surface area contributed by atoms with Crippen LogP contribution in [0, 0.1) is 46.3 Å². The van der Waals surface area contributed by atoms with Crippen LogP contribution in [0.25, 0.3) is 0 Å². The van der Waals surface area contributed by atoms with Crippen LogP contribution in [0.3, 0.4) is 0 Å². The smallest absolute Gasteiger partial charge is 0.407 e. The molecule has 0 aliphatic heterocycles. The van der Waals surface area contributed by atoms with E-state index in [1.807, 2.05) is 0 Å². The van der Waals surface area contributed by atoms with Crippen LogP contribution in [0.4, 0.5) is 4.79 Å². The second kappa shape index (κ2) is 18.2. The van der Waals surface area contributed by atoms with Crippen molar-refractivity contribution in [2.45, 2.75) is 177 Å². The topological polar surface area (TPSA) is 60.0 Å². The van der Waals surface area contributed by atoms with Crippen molar-refractivity contribution in [3.8, 4) is 0 Å². The molecule has 278 valence electrons. The molecule has 6 nitrogen and oxygen atoms in total. The van der Waals surface area contributed by atoms with E-state index in [0.29, 0.717) is 30.7 Å².